The summed E-state index contributed by atoms with van der Waals surface area (Å²) in [5, 5.41) is 0. The highest BCUT2D eigenvalue weighted by atomic mass is 79.9. The number of esters is 1. The lowest BCUT2D eigenvalue weighted by atomic mass is 10.1. The van der Waals surface area contributed by atoms with E-state index in [1.165, 1.54) is 28.7 Å². The van der Waals surface area contributed by atoms with Crippen LogP contribution >= 0.6 is 15.9 Å². The van der Waals surface area contributed by atoms with E-state index in [1.807, 2.05) is 0 Å². The fraction of sp³-hybridized carbons (Fsp3) is 0.105. The van der Waals surface area contributed by atoms with Crippen LogP contribution in [0.2, 0.25) is 0 Å². The van der Waals surface area contributed by atoms with Crippen LogP contribution in [0.25, 0.3) is 11.7 Å². The fourth-order valence-corrected chi connectivity index (χ4v) is 2.68. The van der Waals surface area contributed by atoms with Gasteiger partial charge in [0, 0.05) is 22.8 Å². The van der Waals surface area contributed by atoms with Crippen molar-refractivity contribution in [3.8, 4) is 0 Å². The van der Waals surface area contributed by atoms with Crippen LogP contribution < -0.4 is 5.56 Å². The Morgan fingerprint density at radius 3 is 2.57 bits per heavy atom. The van der Waals surface area contributed by atoms with Crippen molar-refractivity contribution in [3.63, 3.8) is 0 Å². The Kier molecular flexibility index (Phi) is 5.64. The number of nitrogens with zero attached hydrogens (tertiary/aromatic N) is 2. The maximum Gasteiger partial charge on any atom is 0.416 e. The van der Waals surface area contributed by atoms with E-state index in [-0.39, 0.29) is 17.9 Å². The third-order valence-electron chi connectivity index (χ3n) is 3.69. The molecule has 5 nitrogen and oxygen atoms in total. The van der Waals surface area contributed by atoms with Crippen LogP contribution in [0.3, 0.4) is 0 Å². The minimum Gasteiger partial charge on any atom is -0.456 e. The molecule has 1 aromatic carbocycles. The maximum absolute atomic E-state index is 12.5. The van der Waals surface area contributed by atoms with Crippen molar-refractivity contribution >= 4 is 33.6 Å². The summed E-state index contributed by atoms with van der Waals surface area (Å²) in [5.41, 5.74) is 0.00816. The molecule has 0 saturated heterocycles. The molecule has 0 saturated carbocycles. The monoisotopic (exact) mass is 452 g/mol. The second kappa shape index (κ2) is 7.97. The first-order valence-electron chi connectivity index (χ1n) is 7.92. The predicted molar refractivity (Wildman–Crippen MR) is 99.4 cm³/mol. The normalized spacial score (nSPS) is 11.9. The second-order valence-electron chi connectivity index (χ2n) is 5.72. The van der Waals surface area contributed by atoms with Crippen molar-refractivity contribution in [2.45, 2.75) is 12.8 Å². The highest BCUT2D eigenvalue weighted by Crippen LogP contribution is 2.29. The quantitative estimate of drug-likeness (QED) is 0.438. The molecule has 0 spiro atoms. The molecule has 2 aromatic heterocycles. The van der Waals surface area contributed by atoms with Gasteiger partial charge in [0.2, 0.25) is 0 Å². The third-order valence-corrected chi connectivity index (χ3v) is 4.16. The first-order chi connectivity index (χ1) is 13.2. The first-order valence-corrected chi connectivity index (χ1v) is 8.71. The summed E-state index contributed by atoms with van der Waals surface area (Å²) in [5.74, 6) is -0.710. The summed E-state index contributed by atoms with van der Waals surface area (Å²) < 4.78 is 44.6. The number of pyridine rings is 1. The smallest absolute Gasteiger partial charge is 0.416 e. The molecule has 0 N–H and O–H groups in total. The Bertz CT molecular complexity index is 1110. The topological polar surface area (TPSA) is 60.7 Å². The number of fused-ring (bicyclic) bond motifs is 1. The lowest BCUT2D eigenvalue weighted by Crippen LogP contribution is -2.16. The molecule has 3 aromatic rings. The zero-order chi connectivity index (χ0) is 20.3. The summed E-state index contributed by atoms with van der Waals surface area (Å²) in [7, 11) is 0. The van der Waals surface area contributed by atoms with E-state index in [2.05, 4.69) is 20.9 Å². The molecular weight excluding hydrogens is 441 g/mol. The lowest BCUT2D eigenvalue weighted by molar-refractivity contribution is -0.139. The van der Waals surface area contributed by atoms with Gasteiger partial charge in [-0.15, -0.1) is 0 Å². The van der Waals surface area contributed by atoms with Crippen molar-refractivity contribution in [2.24, 2.45) is 0 Å². The van der Waals surface area contributed by atoms with Gasteiger partial charge in [0.1, 0.15) is 12.3 Å². The van der Waals surface area contributed by atoms with Crippen LogP contribution in [0.1, 0.15) is 16.8 Å². The molecule has 0 aliphatic carbocycles. The number of aromatic nitrogens is 2. The van der Waals surface area contributed by atoms with Gasteiger partial charge in [0.25, 0.3) is 5.56 Å². The van der Waals surface area contributed by atoms with Crippen molar-refractivity contribution in [3.05, 3.63) is 86.4 Å². The van der Waals surface area contributed by atoms with Crippen LogP contribution in [-0.4, -0.2) is 15.4 Å². The highest BCUT2D eigenvalue weighted by molar-refractivity contribution is 9.10. The third kappa shape index (κ3) is 4.86. The molecule has 0 aliphatic heterocycles. The van der Waals surface area contributed by atoms with E-state index in [9.17, 15) is 22.8 Å². The molecular formula is C19H12BrF3N2O3. The van der Waals surface area contributed by atoms with E-state index >= 15 is 0 Å². The van der Waals surface area contributed by atoms with Gasteiger partial charge < -0.3 is 4.74 Å². The summed E-state index contributed by atoms with van der Waals surface area (Å²) in [4.78, 5) is 28.1. The fourth-order valence-electron chi connectivity index (χ4n) is 2.34. The molecule has 9 heteroatoms. The first kappa shape index (κ1) is 19.8. The van der Waals surface area contributed by atoms with Gasteiger partial charge in [0.15, 0.2) is 0 Å². The molecule has 0 aliphatic rings. The lowest BCUT2D eigenvalue weighted by Gasteiger charge is -2.06. The molecule has 28 heavy (non-hydrogen) atoms. The Morgan fingerprint density at radius 1 is 1.18 bits per heavy atom. The van der Waals surface area contributed by atoms with Gasteiger partial charge in [-0.2, -0.15) is 13.2 Å². The Balaban J connectivity index is 1.64. The number of carbonyl (C=O) groups excluding carboxylic acids is 1. The van der Waals surface area contributed by atoms with E-state index in [0.29, 0.717) is 11.2 Å². The zero-order valence-corrected chi connectivity index (χ0v) is 15.7. The van der Waals surface area contributed by atoms with Crippen LogP contribution in [0, 0.1) is 0 Å². The van der Waals surface area contributed by atoms with Gasteiger partial charge in [-0.25, -0.2) is 9.78 Å². The summed E-state index contributed by atoms with van der Waals surface area (Å²) in [6, 6.07) is 8.97. The summed E-state index contributed by atoms with van der Waals surface area (Å²) in [6.45, 7) is -0.210. The maximum atomic E-state index is 12.5. The highest BCUT2D eigenvalue weighted by Gasteiger charge is 2.29. The van der Waals surface area contributed by atoms with Gasteiger partial charge in [-0.3, -0.25) is 9.20 Å². The molecule has 0 radical (unpaired) electrons. The number of carbonyl (C=O) groups is 1. The number of halogens is 4. The van der Waals surface area contributed by atoms with Crippen molar-refractivity contribution in [2.75, 3.05) is 0 Å². The molecule has 0 amide bonds. The van der Waals surface area contributed by atoms with Crippen LogP contribution in [0.4, 0.5) is 13.2 Å². The van der Waals surface area contributed by atoms with Gasteiger partial charge >= 0.3 is 12.1 Å². The largest absolute Gasteiger partial charge is 0.456 e. The number of rotatable bonds is 4. The van der Waals surface area contributed by atoms with Crippen molar-refractivity contribution in [1.82, 2.24) is 9.38 Å². The van der Waals surface area contributed by atoms with Crippen molar-refractivity contribution in [1.29, 1.82) is 0 Å². The number of ether oxygens (including phenoxy) is 1. The zero-order valence-electron chi connectivity index (χ0n) is 14.1. The van der Waals surface area contributed by atoms with E-state index < -0.39 is 17.7 Å². The Morgan fingerprint density at radius 2 is 1.89 bits per heavy atom. The second-order valence-corrected chi connectivity index (χ2v) is 6.64. The summed E-state index contributed by atoms with van der Waals surface area (Å²) >= 11 is 3.26. The Hall–Kier alpha value is -2.94. The minimum atomic E-state index is -4.41. The minimum absolute atomic E-state index is 0.210. The molecule has 0 unspecified atom stereocenters. The van der Waals surface area contributed by atoms with Gasteiger partial charge in [-0.05, 0) is 51.8 Å². The number of hydrogen-bond donors (Lipinski definition) is 0. The number of alkyl halides is 3. The number of benzene rings is 1. The molecule has 0 atom stereocenters. The SMILES string of the molecule is O=C(/C=C/c1ccc(C(F)(F)F)cc1)OCc1cc(=O)n2cc(Br)ccc2n1. The van der Waals surface area contributed by atoms with Gasteiger partial charge in [0.05, 0.1) is 11.3 Å². The predicted octanol–water partition coefficient (Wildman–Crippen LogP) is 4.23. The average Bonchev–Trinajstić information content (AvgIpc) is 2.65. The standard InChI is InChI=1S/C19H12BrF3N2O3/c20-14-6-7-16-24-15(9-17(26)25(16)10-14)11-28-18(27)8-3-12-1-4-13(5-2-12)19(21,22)23/h1-10H,11H2/b8-3+. The number of hydrogen-bond acceptors (Lipinski definition) is 4. The molecule has 0 fully saturated rings. The Labute approximate surface area is 165 Å². The summed E-state index contributed by atoms with van der Waals surface area (Å²) in [6.07, 6.45) is -0.410. The van der Waals surface area contributed by atoms with Crippen LogP contribution in [-0.2, 0) is 22.3 Å². The van der Waals surface area contributed by atoms with Crippen molar-refractivity contribution < 1.29 is 22.7 Å². The molecule has 2 heterocycles. The van der Waals surface area contributed by atoms with E-state index in [4.69, 9.17) is 4.74 Å². The molecule has 144 valence electrons. The average molecular weight is 453 g/mol. The van der Waals surface area contributed by atoms with Gasteiger partial charge in [-0.1, -0.05) is 12.1 Å². The molecule has 3 rings (SSSR count). The van der Waals surface area contributed by atoms with E-state index in [1.54, 1.807) is 18.3 Å². The van der Waals surface area contributed by atoms with Crippen LogP contribution in [0.5, 0.6) is 0 Å². The van der Waals surface area contributed by atoms with E-state index in [0.717, 1.165) is 22.7 Å². The van der Waals surface area contributed by atoms with Crippen LogP contribution in [0.15, 0.2) is 64.0 Å². The molecule has 0 bridgehead atoms.